The lowest BCUT2D eigenvalue weighted by Gasteiger charge is -2.53. The van der Waals surface area contributed by atoms with Gasteiger partial charge in [-0.1, -0.05) is 18.2 Å². The lowest BCUT2D eigenvalue weighted by molar-refractivity contribution is -0.161. The molecule has 0 aromatic heterocycles. The van der Waals surface area contributed by atoms with Crippen molar-refractivity contribution in [3.05, 3.63) is 30.3 Å². The predicted molar refractivity (Wildman–Crippen MR) is 129 cm³/mol. The number of para-hydroxylation sites is 1. The van der Waals surface area contributed by atoms with E-state index in [1.54, 1.807) is 30.3 Å². The van der Waals surface area contributed by atoms with Crippen LogP contribution in [0.15, 0.2) is 30.3 Å². The molecule has 1 aromatic carbocycles. The highest BCUT2D eigenvalue weighted by molar-refractivity contribution is 8.00. The van der Waals surface area contributed by atoms with Crippen LogP contribution in [-0.2, 0) is 23.9 Å². The van der Waals surface area contributed by atoms with Crippen LogP contribution < -0.4 is 21.7 Å². The van der Waals surface area contributed by atoms with E-state index in [1.807, 2.05) is 0 Å². The maximum Gasteiger partial charge on any atom is 0.404 e. The van der Waals surface area contributed by atoms with Crippen LogP contribution in [0.1, 0.15) is 19.3 Å². The number of carbonyl (C=O) groups is 6. The molecular formula is C22H27N5O9S. The van der Waals surface area contributed by atoms with Gasteiger partial charge >= 0.3 is 24.1 Å². The Hall–Kier alpha value is -4.01. The van der Waals surface area contributed by atoms with Crippen LogP contribution in [-0.4, -0.2) is 87.4 Å². The third kappa shape index (κ3) is 6.81. The minimum Gasteiger partial charge on any atom is -0.481 e. The van der Waals surface area contributed by atoms with Crippen molar-refractivity contribution in [1.82, 2.24) is 15.5 Å². The van der Waals surface area contributed by atoms with E-state index in [-0.39, 0.29) is 31.6 Å². The Balaban J connectivity index is 1.44. The molecule has 0 radical (unpaired) electrons. The summed E-state index contributed by atoms with van der Waals surface area (Å²) in [6, 6.07) is 5.69. The molecule has 15 heteroatoms. The molecular weight excluding hydrogens is 510 g/mol. The number of fused-ring (bicyclic) bond motifs is 1. The van der Waals surface area contributed by atoms with E-state index in [0.717, 1.165) is 11.8 Å². The van der Waals surface area contributed by atoms with Gasteiger partial charge in [-0.25, -0.2) is 14.4 Å². The van der Waals surface area contributed by atoms with Crippen LogP contribution in [0.2, 0.25) is 0 Å². The summed E-state index contributed by atoms with van der Waals surface area (Å²) in [6.45, 7) is -0.685. The van der Waals surface area contributed by atoms with Crippen LogP contribution in [0.4, 0.5) is 15.3 Å². The Bertz CT molecular complexity index is 1070. The Morgan fingerprint density at radius 2 is 1.89 bits per heavy atom. The molecule has 2 fully saturated rings. The molecule has 37 heavy (non-hydrogen) atoms. The van der Waals surface area contributed by atoms with Gasteiger partial charge in [-0.2, -0.15) is 0 Å². The Kier molecular flexibility index (Phi) is 8.81. The average molecular weight is 538 g/mol. The van der Waals surface area contributed by atoms with Gasteiger partial charge in [-0.05, 0) is 25.0 Å². The summed E-state index contributed by atoms with van der Waals surface area (Å²) in [5.74, 6) is -3.41. The molecule has 3 unspecified atom stereocenters. The lowest BCUT2D eigenvalue weighted by Crippen LogP contribution is -2.74. The molecule has 7 N–H and O–H groups in total. The van der Waals surface area contributed by atoms with Gasteiger partial charge in [0.05, 0.1) is 0 Å². The number of carbonyl (C=O) groups excluding carboxylic acids is 4. The Morgan fingerprint density at radius 3 is 2.51 bits per heavy atom. The number of carboxylic acid groups (broad SMARTS) is 2. The van der Waals surface area contributed by atoms with E-state index in [0.29, 0.717) is 5.69 Å². The molecule has 3 rings (SSSR count). The summed E-state index contributed by atoms with van der Waals surface area (Å²) in [7, 11) is 0. The number of ether oxygens (including phenoxy) is 1. The number of hydrogen-bond donors (Lipinski definition) is 6. The fourth-order valence-electron chi connectivity index (χ4n) is 3.93. The second-order valence-corrected chi connectivity index (χ2v) is 9.76. The third-order valence-corrected chi connectivity index (χ3v) is 7.52. The zero-order valence-electron chi connectivity index (χ0n) is 19.5. The quantitative estimate of drug-likeness (QED) is 0.208. The number of aliphatic carboxylic acids is 2. The van der Waals surface area contributed by atoms with Crippen molar-refractivity contribution in [2.45, 2.75) is 36.7 Å². The summed E-state index contributed by atoms with van der Waals surface area (Å²) in [5, 5.41) is 26.0. The van der Waals surface area contributed by atoms with E-state index in [9.17, 15) is 39.0 Å². The van der Waals surface area contributed by atoms with Gasteiger partial charge in [0.15, 0.2) is 0 Å². The number of nitrogens with zero attached hydrogens (tertiary/aromatic N) is 1. The lowest BCUT2D eigenvalue weighted by atomic mass is 9.88. The molecule has 2 aliphatic heterocycles. The van der Waals surface area contributed by atoms with Gasteiger partial charge in [0, 0.05) is 24.4 Å². The van der Waals surface area contributed by atoms with Crippen molar-refractivity contribution in [2.75, 3.05) is 24.2 Å². The number of β-lactam (4-membered cyclic amide) rings is 1. The maximum atomic E-state index is 12.6. The fourth-order valence-corrected chi connectivity index (χ4v) is 5.46. The molecule has 1 aromatic rings. The molecule has 200 valence electrons. The molecule has 4 atom stereocenters. The monoisotopic (exact) mass is 537 g/mol. The van der Waals surface area contributed by atoms with E-state index in [4.69, 9.17) is 5.73 Å². The number of nitrogens with two attached hydrogens (primary N) is 1. The molecule has 5 amide bonds. The zero-order chi connectivity index (χ0) is 27.2. The van der Waals surface area contributed by atoms with Gasteiger partial charge < -0.3 is 41.5 Å². The number of hydrogen-bond acceptors (Lipinski definition) is 8. The number of rotatable bonds is 11. The number of carboxylic acids is 2. The second-order valence-electron chi connectivity index (χ2n) is 8.65. The number of benzene rings is 1. The highest BCUT2D eigenvalue weighted by atomic mass is 32.2. The highest BCUT2D eigenvalue weighted by Gasteiger charge is 2.57. The first-order valence-corrected chi connectivity index (χ1v) is 12.3. The maximum absolute atomic E-state index is 12.6. The van der Waals surface area contributed by atoms with E-state index >= 15 is 0 Å². The zero-order valence-corrected chi connectivity index (χ0v) is 20.4. The molecule has 0 spiro atoms. The third-order valence-electron chi connectivity index (χ3n) is 5.94. The van der Waals surface area contributed by atoms with Crippen LogP contribution >= 0.6 is 11.8 Å². The SMILES string of the molecule is NC(=O)OCC1(C(=O)O)CS[C@@H]2C(NC(=O)CCCC(NC(=O)Nc3ccccc3)C(=O)O)C(=O)N2C1. The van der Waals surface area contributed by atoms with Crippen molar-refractivity contribution < 1.29 is 43.7 Å². The van der Waals surface area contributed by atoms with Gasteiger partial charge in [0.1, 0.15) is 29.5 Å². The van der Waals surface area contributed by atoms with Crippen LogP contribution in [0.3, 0.4) is 0 Å². The van der Waals surface area contributed by atoms with E-state index in [1.165, 1.54) is 4.90 Å². The fraction of sp³-hybridized carbons (Fsp3) is 0.455. The first-order chi connectivity index (χ1) is 17.5. The van der Waals surface area contributed by atoms with Crippen molar-refractivity contribution in [2.24, 2.45) is 11.1 Å². The molecule has 0 bridgehead atoms. The van der Waals surface area contributed by atoms with Gasteiger partial charge in [-0.15, -0.1) is 11.8 Å². The highest BCUT2D eigenvalue weighted by Crippen LogP contribution is 2.42. The number of amides is 5. The standard InChI is InChI=1S/C22H27N5O9S/c23-20(34)36-10-22(19(32)33)9-27-16(29)15(17(27)37-11-22)26-14(28)8-4-7-13(18(30)31)25-21(35)24-12-5-2-1-3-6-12/h1-3,5-6,13,15,17H,4,7-11H2,(H2,23,34)(H,26,28)(H,30,31)(H,32,33)(H2,24,25,35)/t13?,15?,17-,22?/m1/s1. The van der Waals surface area contributed by atoms with E-state index in [2.05, 4.69) is 20.7 Å². The Labute approximate surface area is 215 Å². The van der Waals surface area contributed by atoms with Gasteiger partial charge in [-0.3, -0.25) is 14.4 Å². The molecule has 2 heterocycles. The van der Waals surface area contributed by atoms with Gasteiger partial charge in [0.25, 0.3) is 0 Å². The average Bonchev–Trinajstić information content (AvgIpc) is 2.85. The van der Waals surface area contributed by atoms with Crippen molar-refractivity contribution in [1.29, 1.82) is 0 Å². The first-order valence-electron chi connectivity index (χ1n) is 11.2. The largest absolute Gasteiger partial charge is 0.481 e. The number of urea groups is 1. The number of thioether (sulfide) groups is 1. The minimum absolute atomic E-state index is 0.0190. The second kappa shape index (κ2) is 11.8. The summed E-state index contributed by atoms with van der Waals surface area (Å²) in [5.41, 5.74) is 3.92. The number of nitrogens with one attached hydrogen (secondary N) is 3. The van der Waals surface area contributed by atoms with Crippen molar-refractivity contribution in [3.63, 3.8) is 0 Å². The summed E-state index contributed by atoms with van der Waals surface area (Å²) < 4.78 is 4.68. The molecule has 2 saturated heterocycles. The Morgan fingerprint density at radius 1 is 1.19 bits per heavy atom. The molecule has 14 nitrogen and oxygen atoms in total. The summed E-state index contributed by atoms with van der Waals surface area (Å²) >= 11 is 1.14. The van der Waals surface area contributed by atoms with Gasteiger partial charge in [0.2, 0.25) is 11.8 Å². The predicted octanol–water partition coefficient (Wildman–Crippen LogP) is -0.00220. The summed E-state index contributed by atoms with van der Waals surface area (Å²) in [4.78, 5) is 72.5. The number of anilines is 1. The topological polar surface area (TPSA) is 217 Å². The van der Waals surface area contributed by atoms with Crippen LogP contribution in [0.25, 0.3) is 0 Å². The normalized spacial score (nSPS) is 23.0. The summed E-state index contributed by atoms with van der Waals surface area (Å²) in [6.07, 6.45) is -1.10. The van der Waals surface area contributed by atoms with Crippen LogP contribution in [0, 0.1) is 5.41 Å². The number of primary amides is 1. The smallest absolute Gasteiger partial charge is 0.404 e. The molecule has 0 aliphatic carbocycles. The van der Waals surface area contributed by atoms with Crippen LogP contribution in [0.5, 0.6) is 0 Å². The molecule has 2 aliphatic rings. The van der Waals surface area contributed by atoms with Crippen molar-refractivity contribution in [3.8, 4) is 0 Å². The van der Waals surface area contributed by atoms with Crippen molar-refractivity contribution >= 4 is 53.3 Å². The first kappa shape index (κ1) is 27.6. The minimum atomic E-state index is -1.51. The molecule has 0 saturated carbocycles. The van der Waals surface area contributed by atoms with E-state index < -0.39 is 65.4 Å².